The first-order valence-electron chi connectivity index (χ1n) is 9.70. The van der Waals surface area contributed by atoms with Crippen molar-refractivity contribution in [2.24, 2.45) is 0 Å². The van der Waals surface area contributed by atoms with Crippen LogP contribution in [0.1, 0.15) is 39.5 Å². The Bertz CT molecular complexity index is 964. The number of morpholine rings is 1. The highest BCUT2D eigenvalue weighted by molar-refractivity contribution is 7.16. The summed E-state index contributed by atoms with van der Waals surface area (Å²) >= 11 is 7.93. The summed E-state index contributed by atoms with van der Waals surface area (Å²) in [5.74, 6) is 0.0562. The van der Waals surface area contributed by atoms with E-state index in [-0.39, 0.29) is 11.9 Å². The van der Waals surface area contributed by atoms with E-state index in [1.165, 1.54) is 11.1 Å². The Morgan fingerprint density at radius 3 is 2.76 bits per heavy atom. The summed E-state index contributed by atoms with van der Waals surface area (Å²) in [7, 11) is 0. The summed E-state index contributed by atoms with van der Waals surface area (Å²) in [6.07, 6.45) is 2.41. The maximum absolute atomic E-state index is 12.7. The molecular formula is C22H23ClN2O3S. The van der Waals surface area contributed by atoms with E-state index in [0.29, 0.717) is 24.0 Å². The van der Waals surface area contributed by atoms with Gasteiger partial charge in [-0.1, -0.05) is 30.7 Å². The van der Waals surface area contributed by atoms with Crippen molar-refractivity contribution >= 4 is 33.8 Å². The summed E-state index contributed by atoms with van der Waals surface area (Å²) in [5.41, 5.74) is 2.18. The van der Waals surface area contributed by atoms with Gasteiger partial charge in [-0.3, -0.25) is 9.69 Å². The summed E-state index contributed by atoms with van der Waals surface area (Å²) in [6, 6.07) is 13.5. The van der Waals surface area contributed by atoms with Crippen LogP contribution in [0.25, 0.3) is 0 Å². The van der Waals surface area contributed by atoms with Crippen LogP contribution in [0, 0.1) is 0 Å². The highest BCUT2D eigenvalue weighted by atomic mass is 35.5. The Kier molecular flexibility index (Phi) is 6.35. The third-order valence-electron chi connectivity index (χ3n) is 5.00. The molecule has 1 fully saturated rings. The largest absolute Gasteiger partial charge is 0.459 e. The molecule has 0 unspecified atom stereocenters. The summed E-state index contributed by atoms with van der Waals surface area (Å²) in [5, 5.41) is 4.62. The van der Waals surface area contributed by atoms with E-state index < -0.39 is 0 Å². The molecule has 152 valence electrons. The van der Waals surface area contributed by atoms with Gasteiger partial charge in [0.05, 0.1) is 25.5 Å². The van der Waals surface area contributed by atoms with Crippen molar-refractivity contribution in [3.63, 3.8) is 0 Å². The molecule has 1 aromatic carbocycles. The Labute approximate surface area is 179 Å². The van der Waals surface area contributed by atoms with E-state index in [1.807, 2.05) is 18.2 Å². The lowest BCUT2D eigenvalue weighted by Gasteiger charge is -2.35. The molecule has 0 bridgehead atoms. The number of carbonyl (C=O) groups excluding carboxylic acids is 1. The molecule has 1 amide bonds. The second-order valence-electron chi connectivity index (χ2n) is 6.89. The average molecular weight is 431 g/mol. The minimum atomic E-state index is -0.243. The molecule has 7 heteroatoms. The van der Waals surface area contributed by atoms with Crippen molar-refractivity contribution in [1.82, 2.24) is 4.90 Å². The lowest BCUT2D eigenvalue weighted by atomic mass is 9.97. The fraction of sp³-hybridized carbons (Fsp3) is 0.318. The van der Waals surface area contributed by atoms with Crippen LogP contribution in [0.3, 0.4) is 0 Å². The topological polar surface area (TPSA) is 54.7 Å². The third kappa shape index (κ3) is 4.56. The van der Waals surface area contributed by atoms with Crippen LogP contribution in [-0.2, 0) is 11.2 Å². The summed E-state index contributed by atoms with van der Waals surface area (Å²) in [4.78, 5) is 16.3. The number of aryl methyl sites for hydroxylation is 1. The number of nitrogens with one attached hydrogen (secondary N) is 1. The zero-order chi connectivity index (χ0) is 20.2. The molecule has 4 rings (SSSR count). The van der Waals surface area contributed by atoms with Crippen molar-refractivity contribution in [3.05, 3.63) is 75.5 Å². The normalized spacial score (nSPS) is 15.9. The van der Waals surface area contributed by atoms with Gasteiger partial charge in [-0.25, -0.2) is 0 Å². The lowest BCUT2D eigenvalue weighted by molar-refractivity contribution is 0.0241. The smallest absolute Gasteiger partial charge is 0.291 e. The Morgan fingerprint density at radius 1 is 1.24 bits per heavy atom. The predicted molar refractivity (Wildman–Crippen MR) is 116 cm³/mol. The molecule has 1 aliphatic heterocycles. The maximum Gasteiger partial charge on any atom is 0.291 e. The Morgan fingerprint density at radius 2 is 2.07 bits per heavy atom. The standard InChI is InChI=1S/C22H23ClN2O3S/c1-2-17-14-18(22(29-17)24-21(26)19-7-4-10-28-19)20(25-8-11-27-12-9-25)15-5-3-6-16(23)13-15/h3-7,10,13-14,20H,2,8-9,11-12H2,1H3,(H,24,26)/t20-/m1/s1. The van der Waals surface area contributed by atoms with Crippen LogP contribution in [0.2, 0.25) is 5.02 Å². The van der Waals surface area contributed by atoms with E-state index in [2.05, 4.69) is 29.3 Å². The van der Waals surface area contributed by atoms with Crippen molar-refractivity contribution in [1.29, 1.82) is 0 Å². The van der Waals surface area contributed by atoms with Gasteiger partial charge < -0.3 is 14.5 Å². The number of halogens is 1. The van der Waals surface area contributed by atoms with Gasteiger partial charge in [-0.2, -0.15) is 0 Å². The zero-order valence-corrected chi connectivity index (χ0v) is 17.8. The van der Waals surface area contributed by atoms with Gasteiger partial charge >= 0.3 is 0 Å². The highest BCUT2D eigenvalue weighted by Crippen LogP contribution is 2.40. The van der Waals surface area contributed by atoms with Crippen LogP contribution in [-0.4, -0.2) is 37.1 Å². The number of amides is 1. The number of furan rings is 1. The second kappa shape index (κ2) is 9.13. The molecular weight excluding hydrogens is 408 g/mol. The number of benzene rings is 1. The number of ether oxygens (including phenoxy) is 1. The molecule has 0 aliphatic carbocycles. The van der Waals surface area contributed by atoms with Crippen molar-refractivity contribution in [2.75, 3.05) is 31.6 Å². The van der Waals surface area contributed by atoms with Crippen molar-refractivity contribution < 1.29 is 13.9 Å². The van der Waals surface area contributed by atoms with Gasteiger partial charge in [0.1, 0.15) is 5.00 Å². The maximum atomic E-state index is 12.7. The Balaban J connectivity index is 1.75. The monoisotopic (exact) mass is 430 g/mol. The first kappa shape index (κ1) is 20.2. The van der Waals surface area contributed by atoms with Gasteiger partial charge in [0.15, 0.2) is 5.76 Å². The quantitative estimate of drug-likeness (QED) is 0.581. The second-order valence-corrected chi connectivity index (χ2v) is 8.46. The molecule has 5 nitrogen and oxygen atoms in total. The van der Waals surface area contributed by atoms with E-state index in [0.717, 1.165) is 35.6 Å². The SMILES string of the molecule is CCc1cc([C@@H](c2cccc(Cl)c2)N2CCOCC2)c(NC(=O)c2ccco2)s1. The van der Waals surface area contributed by atoms with Crippen LogP contribution in [0.4, 0.5) is 5.00 Å². The van der Waals surface area contributed by atoms with Gasteiger partial charge in [0.25, 0.3) is 5.91 Å². The number of nitrogens with zero attached hydrogens (tertiary/aromatic N) is 1. The minimum Gasteiger partial charge on any atom is -0.459 e. The van der Waals surface area contributed by atoms with Crippen molar-refractivity contribution in [2.45, 2.75) is 19.4 Å². The number of carbonyl (C=O) groups is 1. The molecule has 1 N–H and O–H groups in total. The molecule has 3 aromatic rings. The molecule has 1 aliphatic rings. The van der Waals surface area contributed by atoms with Gasteiger partial charge in [0, 0.05) is 28.6 Å². The van der Waals surface area contributed by atoms with E-state index in [4.69, 9.17) is 20.8 Å². The number of rotatable bonds is 6. The predicted octanol–water partition coefficient (Wildman–Crippen LogP) is 5.23. The fourth-order valence-electron chi connectivity index (χ4n) is 3.61. The molecule has 29 heavy (non-hydrogen) atoms. The number of thiophene rings is 1. The molecule has 0 saturated carbocycles. The van der Waals surface area contributed by atoms with Gasteiger partial charge in [-0.05, 0) is 42.3 Å². The summed E-state index contributed by atoms with van der Waals surface area (Å²) in [6.45, 7) is 5.14. The fourth-order valence-corrected chi connectivity index (χ4v) is 4.83. The van der Waals surface area contributed by atoms with Crippen LogP contribution in [0.15, 0.2) is 53.1 Å². The van der Waals surface area contributed by atoms with E-state index >= 15 is 0 Å². The number of hydrogen-bond acceptors (Lipinski definition) is 5. The van der Waals surface area contributed by atoms with Crippen LogP contribution < -0.4 is 5.32 Å². The van der Waals surface area contributed by atoms with E-state index in [1.54, 1.807) is 23.5 Å². The summed E-state index contributed by atoms with van der Waals surface area (Å²) < 4.78 is 10.8. The number of hydrogen-bond donors (Lipinski definition) is 1. The molecule has 1 atom stereocenters. The minimum absolute atomic E-state index is 0.0129. The van der Waals surface area contributed by atoms with Crippen molar-refractivity contribution in [3.8, 4) is 0 Å². The zero-order valence-electron chi connectivity index (χ0n) is 16.2. The lowest BCUT2D eigenvalue weighted by Crippen LogP contribution is -2.39. The van der Waals surface area contributed by atoms with E-state index in [9.17, 15) is 4.79 Å². The van der Waals surface area contributed by atoms with Crippen LogP contribution >= 0.6 is 22.9 Å². The number of anilines is 1. The highest BCUT2D eigenvalue weighted by Gasteiger charge is 2.29. The first-order chi connectivity index (χ1) is 14.2. The Hall–Kier alpha value is -2.12. The van der Waals surface area contributed by atoms with Gasteiger partial charge in [0.2, 0.25) is 0 Å². The average Bonchev–Trinajstić information content (AvgIpc) is 3.40. The third-order valence-corrected chi connectivity index (χ3v) is 6.45. The van der Waals surface area contributed by atoms with Crippen LogP contribution in [0.5, 0.6) is 0 Å². The molecule has 3 heterocycles. The molecule has 0 radical (unpaired) electrons. The molecule has 0 spiro atoms. The van der Waals surface area contributed by atoms with Gasteiger partial charge in [-0.15, -0.1) is 11.3 Å². The molecule has 1 saturated heterocycles. The molecule has 2 aromatic heterocycles. The first-order valence-corrected chi connectivity index (χ1v) is 10.9.